The summed E-state index contributed by atoms with van der Waals surface area (Å²) in [4.78, 5) is 13.2. The Kier molecular flexibility index (Phi) is 6.03. The van der Waals surface area contributed by atoms with E-state index in [1.807, 2.05) is 36.4 Å². The molecular weight excluding hydrogens is 460 g/mol. The van der Waals surface area contributed by atoms with E-state index < -0.39 is 10.0 Å². The van der Waals surface area contributed by atoms with Crippen molar-refractivity contribution in [2.75, 3.05) is 9.62 Å². The Labute approximate surface area is 203 Å². The molecular formula is C27H22N4O3S. The Hall–Kier alpha value is -4.43. The smallest absolute Gasteiger partial charge is 0.264 e. The standard InChI is InChI=1S/C27H22N4O3S/c32-27(29-23-15-14-22-18-28-30-26(22)17-23)21-10-7-11-24(16-21)31(19-20-8-3-1-4-9-20)35(33,34)25-12-5-2-6-13-25/h1-18H,19H2,(H,28,30)(H,29,32). The van der Waals surface area contributed by atoms with Crippen molar-refractivity contribution < 1.29 is 13.2 Å². The molecule has 2 N–H and O–H groups in total. The lowest BCUT2D eigenvalue weighted by Crippen LogP contribution is -2.30. The van der Waals surface area contributed by atoms with Gasteiger partial charge >= 0.3 is 0 Å². The maximum atomic E-state index is 13.6. The molecule has 5 aromatic rings. The number of benzene rings is 4. The molecule has 0 aliphatic carbocycles. The van der Waals surface area contributed by atoms with Crippen molar-refractivity contribution >= 4 is 38.2 Å². The number of carbonyl (C=O) groups excluding carboxylic acids is 1. The van der Waals surface area contributed by atoms with Crippen LogP contribution in [0.4, 0.5) is 11.4 Å². The second-order valence-corrected chi connectivity index (χ2v) is 9.85. The topological polar surface area (TPSA) is 95.2 Å². The maximum absolute atomic E-state index is 13.6. The molecule has 7 nitrogen and oxygen atoms in total. The quantitative estimate of drug-likeness (QED) is 0.333. The second-order valence-electron chi connectivity index (χ2n) is 7.99. The first-order valence-electron chi connectivity index (χ1n) is 11.0. The van der Waals surface area contributed by atoms with Gasteiger partial charge in [0.1, 0.15) is 0 Å². The van der Waals surface area contributed by atoms with Crippen LogP contribution < -0.4 is 9.62 Å². The average Bonchev–Trinajstić information content (AvgIpc) is 3.36. The lowest BCUT2D eigenvalue weighted by Gasteiger charge is -2.25. The van der Waals surface area contributed by atoms with Gasteiger partial charge in [0.2, 0.25) is 0 Å². The summed E-state index contributed by atoms with van der Waals surface area (Å²) in [6.45, 7) is 0.125. The molecule has 1 amide bonds. The summed E-state index contributed by atoms with van der Waals surface area (Å²) >= 11 is 0. The third-order valence-electron chi connectivity index (χ3n) is 5.60. The van der Waals surface area contributed by atoms with Crippen LogP contribution in [0.3, 0.4) is 0 Å². The van der Waals surface area contributed by atoms with Gasteiger partial charge < -0.3 is 5.32 Å². The van der Waals surface area contributed by atoms with E-state index in [9.17, 15) is 13.2 Å². The summed E-state index contributed by atoms with van der Waals surface area (Å²) < 4.78 is 28.6. The van der Waals surface area contributed by atoms with Gasteiger partial charge in [-0.15, -0.1) is 0 Å². The van der Waals surface area contributed by atoms with Crippen LogP contribution in [-0.4, -0.2) is 24.5 Å². The molecule has 0 aliphatic rings. The fourth-order valence-electron chi connectivity index (χ4n) is 3.80. The summed E-state index contributed by atoms with van der Waals surface area (Å²) in [6.07, 6.45) is 1.71. The van der Waals surface area contributed by atoms with Crippen molar-refractivity contribution in [3.63, 3.8) is 0 Å². The van der Waals surface area contributed by atoms with E-state index in [0.717, 1.165) is 16.5 Å². The van der Waals surface area contributed by atoms with Crippen molar-refractivity contribution in [2.45, 2.75) is 11.4 Å². The van der Waals surface area contributed by atoms with E-state index in [2.05, 4.69) is 15.5 Å². The molecule has 0 unspecified atom stereocenters. The highest BCUT2D eigenvalue weighted by molar-refractivity contribution is 7.92. The van der Waals surface area contributed by atoms with Crippen molar-refractivity contribution in [1.29, 1.82) is 0 Å². The second kappa shape index (κ2) is 9.44. The highest BCUT2D eigenvalue weighted by atomic mass is 32.2. The van der Waals surface area contributed by atoms with Crippen LogP contribution in [0.25, 0.3) is 10.9 Å². The molecule has 0 aliphatic heterocycles. The monoisotopic (exact) mass is 482 g/mol. The number of rotatable bonds is 7. The molecule has 1 heterocycles. The minimum Gasteiger partial charge on any atom is -0.322 e. The number of anilines is 2. The van der Waals surface area contributed by atoms with E-state index in [1.165, 1.54) is 4.31 Å². The zero-order valence-electron chi connectivity index (χ0n) is 18.6. The van der Waals surface area contributed by atoms with Gasteiger partial charge in [0.25, 0.3) is 15.9 Å². The molecule has 4 aromatic carbocycles. The minimum atomic E-state index is -3.88. The largest absolute Gasteiger partial charge is 0.322 e. The van der Waals surface area contributed by atoms with Gasteiger partial charge in [0.15, 0.2) is 0 Å². The molecule has 8 heteroatoms. The number of hydrogen-bond acceptors (Lipinski definition) is 4. The normalized spacial score (nSPS) is 11.3. The first-order valence-corrected chi connectivity index (χ1v) is 12.4. The molecule has 174 valence electrons. The Morgan fingerprint density at radius 3 is 2.37 bits per heavy atom. The third-order valence-corrected chi connectivity index (χ3v) is 7.38. The van der Waals surface area contributed by atoms with Crippen LogP contribution in [0, 0.1) is 0 Å². The minimum absolute atomic E-state index is 0.125. The van der Waals surface area contributed by atoms with Gasteiger partial charge in [-0.1, -0.05) is 54.6 Å². The number of amides is 1. The van der Waals surface area contributed by atoms with E-state index in [-0.39, 0.29) is 17.3 Å². The number of fused-ring (bicyclic) bond motifs is 1. The molecule has 0 radical (unpaired) electrons. The van der Waals surface area contributed by atoms with E-state index in [0.29, 0.717) is 16.9 Å². The molecule has 0 fully saturated rings. The average molecular weight is 483 g/mol. The van der Waals surface area contributed by atoms with E-state index >= 15 is 0 Å². The summed E-state index contributed by atoms with van der Waals surface area (Å²) in [5, 5.41) is 10.7. The van der Waals surface area contributed by atoms with Gasteiger partial charge in [-0.25, -0.2) is 8.42 Å². The van der Waals surface area contributed by atoms with Crippen molar-refractivity contribution in [3.05, 3.63) is 120 Å². The number of H-pyrrole nitrogens is 1. The fraction of sp³-hybridized carbons (Fsp3) is 0.0370. The van der Waals surface area contributed by atoms with E-state index in [4.69, 9.17) is 0 Å². The predicted molar refractivity (Wildman–Crippen MR) is 137 cm³/mol. The van der Waals surface area contributed by atoms with Crippen LogP contribution in [0.5, 0.6) is 0 Å². The Bertz CT molecular complexity index is 1580. The first-order chi connectivity index (χ1) is 17.0. The maximum Gasteiger partial charge on any atom is 0.264 e. The molecule has 0 spiro atoms. The fourth-order valence-corrected chi connectivity index (χ4v) is 5.27. The van der Waals surface area contributed by atoms with Crippen LogP contribution in [0.2, 0.25) is 0 Å². The summed E-state index contributed by atoms with van der Waals surface area (Å²) in [5.74, 6) is -0.345. The van der Waals surface area contributed by atoms with Crippen LogP contribution >= 0.6 is 0 Å². The van der Waals surface area contributed by atoms with Gasteiger partial charge in [-0.2, -0.15) is 5.10 Å². The lowest BCUT2D eigenvalue weighted by molar-refractivity contribution is 0.102. The van der Waals surface area contributed by atoms with Gasteiger partial charge in [0, 0.05) is 16.6 Å². The van der Waals surface area contributed by atoms with Crippen molar-refractivity contribution in [1.82, 2.24) is 10.2 Å². The lowest BCUT2D eigenvalue weighted by atomic mass is 10.1. The van der Waals surface area contributed by atoms with Gasteiger partial charge in [-0.05, 0) is 54.1 Å². The van der Waals surface area contributed by atoms with Crippen LogP contribution in [0.15, 0.2) is 114 Å². The summed E-state index contributed by atoms with van der Waals surface area (Å²) in [7, 11) is -3.88. The molecule has 1 aromatic heterocycles. The zero-order valence-corrected chi connectivity index (χ0v) is 19.4. The molecule has 5 rings (SSSR count). The summed E-state index contributed by atoms with van der Waals surface area (Å²) in [5.41, 5.74) is 2.98. The molecule has 0 saturated heterocycles. The van der Waals surface area contributed by atoms with Crippen LogP contribution in [-0.2, 0) is 16.6 Å². The Morgan fingerprint density at radius 1 is 0.857 bits per heavy atom. The Morgan fingerprint density at radius 2 is 1.60 bits per heavy atom. The van der Waals surface area contributed by atoms with Crippen molar-refractivity contribution in [2.24, 2.45) is 0 Å². The first kappa shape index (κ1) is 22.4. The number of aromatic nitrogens is 2. The zero-order chi connectivity index (χ0) is 24.3. The summed E-state index contributed by atoms with van der Waals surface area (Å²) in [6, 6.07) is 29.7. The van der Waals surface area contributed by atoms with E-state index in [1.54, 1.807) is 72.9 Å². The number of hydrogen-bond donors (Lipinski definition) is 2. The number of nitrogens with zero attached hydrogens (tertiary/aromatic N) is 2. The molecule has 0 saturated carbocycles. The number of nitrogens with one attached hydrogen (secondary N) is 2. The van der Waals surface area contributed by atoms with Crippen LogP contribution in [0.1, 0.15) is 15.9 Å². The van der Waals surface area contributed by atoms with Gasteiger partial charge in [0.05, 0.1) is 28.8 Å². The van der Waals surface area contributed by atoms with Crippen molar-refractivity contribution in [3.8, 4) is 0 Å². The third kappa shape index (κ3) is 4.78. The molecule has 0 atom stereocenters. The molecule has 35 heavy (non-hydrogen) atoms. The van der Waals surface area contributed by atoms with Gasteiger partial charge in [-0.3, -0.25) is 14.2 Å². The Balaban J connectivity index is 1.48. The predicted octanol–water partition coefficient (Wildman–Crippen LogP) is 5.21. The number of aromatic amines is 1. The number of sulfonamides is 1. The number of carbonyl (C=O) groups is 1. The highest BCUT2D eigenvalue weighted by Gasteiger charge is 2.25. The molecule has 0 bridgehead atoms. The highest BCUT2D eigenvalue weighted by Crippen LogP contribution is 2.27. The SMILES string of the molecule is O=C(Nc1ccc2cn[nH]c2c1)c1cccc(N(Cc2ccccc2)S(=O)(=O)c2ccccc2)c1.